The molecule has 4 nitrogen and oxygen atoms in total. The van der Waals surface area contributed by atoms with Crippen LogP contribution in [0.1, 0.15) is 19.8 Å². The van der Waals surface area contributed by atoms with Crippen molar-refractivity contribution >= 4 is 5.78 Å². The average Bonchev–Trinajstić information content (AvgIpc) is 2.40. The van der Waals surface area contributed by atoms with Crippen molar-refractivity contribution in [2.45, 2.75) is 19.8 Å². The maximum Gasteiger partial charge on any atom is 0.140 e. The number of nitrogens with one attached hydrogen (secondary N) is 1. The van der Waals surface area contributed by atoms with Crippen LogP contribution in [0.15, 0.2) is 0 Å². The molecule has 0 bridgehead atoms. The van der Waals surface area contributed by atoms with Crippen LogP contribution in [0.2, 0.25) is 0 Å². The van der Waals surface area contributed by atoms with Crippen LogP contribution in [-0.2, 0) is 9.53 Å². The van der Waals surface area contributed by atoms with Gasteiger partial charge in [0, 0.05) is 57.8 Å². The second-order valence-electron chi connectivity index (χ2n) is 5.24. The molecule has 2 fully saturated rings. The van der Waals surface area contributed by atoms with E-state index in [1.165, 1.54) is 0 Å². The monoisotopic (exact) mass is 240 g/mol. The van der Waals surface area contributed by atoms with Crippen LogP contribution >= 0.6 is 0 Å². The molecule has 1 atom stereocenters. The van der Waals surface area contributed by atoms with E-state index in [9.17, 15) is 4.79 Å². The Hall–Kier alpha value is -0.450. The molecule has 0 aliphatic carbocycles. The second kappa shape index (κ2) is 6.47. The molecule has 0 amide bonds. The first-order valence-electron chi connectivity index (χ1n) is 6.82. The first kappa shape index (κ1) is 13.0. The van der Waals surface area contributed by atoms with Gasteiger partial charge < -0.3 is 15.0 Å². The van der Waals surface area contributed by atoms with Gasteiger partial charge in [-0.15, -0.1) is 0 Å². The Kier molecular flexibility index (Phi) is 4.95. The third kappa shape index (κ3) is 3.76. The summed E-state index contributed by atoms with van der Waals surface area (Å²) in [6.45, 7) is 8.79. The van der Waals surface area contributed by atoms with Crippen LogP contribution < -0.4 is 5.32 Å². The van der Waals surface area contributed by atoms with Gasteiger partial charge in [0.2, 0.25) is 0 Å². The van der Waals surface area contributed by atoms with Crippen molar-refractivity contribution in [1.29, 1.82) is 0 Å². The molecule has 98 valence electrons. The lowest BCUT2D eigenvalue weighted by Gasteiger charge is -2.31. The van der Waals surface area contributed by atoms with Gasteiger partial charge in [0.15, 0.2) is 0 Å². The van der Waals surface area contributed by atoms with Gasteiger partial charge in [-0.05, 0) is 12.8 Å². The predicted molar refractivity (Wildman–Crippen MR) is 67.0 cm³/mol. The Balaban J connectivity index is 1.77. The van der Waals surface area contributed by atoms with E-state index in [2.05, 4.69) is 17.1 Å². The normalized spacial score (nSPS) is 25.7. The first-order chi connectivity index (χ1) is 8.27. The molecule has 2 saturated heterocycles. The largest absolute Gasteiger partial charge is 0.381 e. The minimum atomic E-state index is 0.177. The standard InChI is InChI=1S/C13H24N2O2/c1-11(10-15-6-4-14-5-7-15)13(16)12-2-8-17-9-3-12/h11-12,14H,2-10H2,1H3. The van der Waals surface area contributed by atoms with Crippen molar-refractivity contribution < 1.29 is 9.53 Å². The predicted octanol–water partition coefficient (Wildman–Crippen LogP) is 0.523. The maximum absolute atomic E-state index is 12.3. The molecule has 2 aliphatic heterocycles. The van der Waals surface area contributed by atoms with Crippen molar-refractivity contribution in [3.8, 4) is 0 Å². The van der Waals surface area contributed by atoms with Gasteiger partial charge in [0.05, 0.1) is 0 Å². The average molecular weight is 240 g/mol. The van der Waals surface area contributed by atoms with Crippen LogP contribution in [0.3, 0.4) is 0 Å². The minimum absolute atomic E-state index is 0.177. The van der Waals surface area contributed by atoms with Crippen LogP contribution in [0.25, 0.3) is 0 Å². The fourth-order valence-corrected chi connectivity index (χ4v) is 2.76. The van der Waals surface area contributed by atoms with E-state index in [0.717, 1.165) is 58.8 Å². The first-order valence-corrected chi connectivity index (χ1v) is 6.82. The molecule has 0 spiro atoms. The highest BCUT2D eigenvalue weighted by Crippen LogP contribution is 2.20. The Morgan fingerprint density at radius 2 is 2.00 bits per heavy atom. The van der Waals surface area contributed by atoms with Gasteiger partial charge in [0.25, 0.3) is 0 Å². The summed E-state index contributed by atoms with van der Waals surface area (Å²) in [7, 11) is 0. The molecule has 0 aromatic rings. The number of carbonyl (C=O) groups is 1. The molecular formula is C13H24N2O2. The smallest absolute Gasteiger partial charge is 0.140 e. The van der Waals surface area contributed by atoms with E-state index in [-0.39, 0.29) is 11.8 Å². The molecule has 0 aromatic carbocycles. The highest BCUT2D eigenvalue weighted by molar-refractivity contribution is 5.83. The number of nitrogens with zero attached hydrogens (tertiary/aromatic N) is 1. The Bertz CT molecular complexity index is 246. The third-order valence-electron chi connectivity index (χ3n) is 3.85. The second-order valence-corrected chi connectivity index (χ2v) is 5.24. The number of carbonyl (C=O) groups excluding carboxylic acids is 1. The van der Waals surface area contributed by atoms with Crippen molar-refractivity contribution in [3.63, 3.8) is 0 Å². The number of ether oxygens (including phenoxy) is 1. The van der Waals surface area contributed by atoms with Crippen LogP contribution in [-0.4, -0.2) is 56.6 Å². The van der Waals surface area contributed by atoms with Crippen molar-refractivity contribution in [3.05, 3.63) is 0 Å². The van der Waals surface area contributed by atoms with E-state index in [4.69, 9.17) is 4.74 Å². The van der Waals surface area contributed by atoms with Gasteiger partial charge in [-0.2, -0.15) is 0 Å². The van der Waals surface area contributed by atoms with E-state index < -0.39 is 0 Å². The Labute approximate surface area is 104 Å². The van der Waals surface area contributed by atoms with Gasteiger partial charge in [0.1, 0.15) is 5.78 Å². The molecule has 0 radical (unpaired) electrons. The Morgan fingerprint density at radius 3 is 2.65 bits per heavy atom. The summed E-state index contributed by atoms with van der Waals surface area (Å²) < 4.78 is 5.31. The van der Waals surface area contributed by atoms with Gasteiger partial charge in [-0.3, -0.25) is 4.79 Å². The van der Waals surface area contributed by atoms with Crippen molar-refractivity contribution in [2.75, 3.05) is 45.9 Å². The number of piperazine rings is 1. The van der Waals surface area contributed by atoms with E-state index in [1.54, 1.807) is 0 Å². The molecule has 0 saturated carbocycles. The summed E-state index contributed by atoms with van der Waals surface area (Å²) in [5, 5.41) is 3.34. The molecule has 2 aliphatic rings. The molecule has 17 heavy (non-hydrogen) atoms. The molecule has 0 aromatic heterocycles. The maximum atomic E-state index is 12.3. The zero-order valence-electron chi connectivity index (χ0n) is 10.8. The van der Waals surface area contributed by atoms with Crippen molar-refractivity contribution in [1.82, 2.24) is 10.2 Å². The summed E-state index contributed by atoms with van der Waals surface area (Å²) in [4.78, 5) is 14.7. The molecule has 1 unspecified atom stereocenters. The molecule has 2 rings (SSSR count). The molecule has 1 N–H and O–H groups in total. The summed E-state index contributed by atoms with van der Waals surface area (Å²) in [5.41, 5.74) is 0. The fourth-order valence-electron chi connectivity index (χ4n) is 2.76. The van der Waals surface area contributed by atoms with Gasteiger partial charge >= 0.3 is 0 Å². The quantitative estimate of drug-likeness (QED) is 0.778. The summed E-state index contributed by atoms with van der Waals surface area (Å²) in [6.07, 6.45) is 1.84. The Morgan fingerprint density at radius 1 is 1.35 bits per heavy atom. The van der Waals surface area contributed by atoms with Crippen molar-refractivity contribution in [2.24, 2.45) is 11.8 Å². The van der Waals surface area contributed by atoms with E-state index in [0.29, 0.717) is 5.78 Å². The highest BCUT2D eigenvalue weighted by Gasteiger charge is 2.27. The summed E-state index contributed by atoms with van der Waals surface area (Å²) in [5.74, 6) is 0.879. The number of hydrogen-bond acceptors (Lipinski definition) is 4. The zero-order valence-corrected chi connectivity index (χ0v) is 10.8. The third-order valence-corrected chi connectivity index (χ3v) is 3.85. The lowest BCUT2D eigenvalue weighted by atomic mass is 9.88. The number of ketones is 1. The lowest BCUT2D eigenvalue weighted by Crippen LogP contribution is -2.46. The minimum Gasteiger partial charge on any atom is -0.381 e. The number of rotatable bonds is 4. The lowest BCUT2D eigenvalue weighted by molar-refractivity contribution is -0.129. The number of Topliss-reactive ketones (excluding diaryl/α,β-unsaturated/α-hetero) is 1. The molecule has 4 heteroatoms. The van der Waals surface area contributed by atoms with Gasteiger partial charge in [-0.1, -0.05) is 6.92 Å². The van der Waals surface area contributed by atoms with E-state index >= 15 is 0 Å². The topological polar surface area (TPSA) is 41.6 Å². The fraction of sp³-hybridized carbons (Fsp3) is 0.923. The summed E-state index contributed by atoms with van der Waals surface area (Å²) in [6, 6.07) is 0. The molecular weight excluding hydrogens is 216 g/mol. The zero-order chi connectivity index (χ0) is 12.1. The van der Waals surface area contributed by atoms with Crippen LogP contribution in [0.5, 0.6) is 0 Å². The summed E-state index contributed by atoms with van der Waals surface area (Å²) >= 11 is 0. The van der Waals surface area contributed by atoms with E-state index in [1.807, 2.05) is 0 Å². The number of hydrogen-bond donors (Lipinski definition) is 1. The SMILES string of the molecule is CC(CN1CCNCC1)C(=O)C1CCOCC1. The van der Waals surface area contributed by atoms with Crippen LogP contribution in [0, 0.1) is 11.8 Å². The van der Waals surface area contributed by atoms with Gasteiger partial charge in [-0.25, -0.2) is 0 Å². The van der Waals surface area contributed by atoms with Crippen LogP contribution in [0.4, 0.5) is 0 Å². The molecule has 2 heterocycles. The highest BCUT2D eigenvalue weighted by atomic mass is 16.5.